The minimum absolute atomic E-state index is 0.112. The molecule has 19 heavy (non-hydrogen) atoms. The van der Waals surface area contributed by atoms with Gasteiger partial charge in [0.05, 0.1) is 23.6 Å². The number of aromatic nitrogens is 3. The molecule has 2 atom stereocenters. The van der Waals surface area contributed by atoms with Crippen molar-refractivity contribution in [3.8, 4) is 17.5 Å². The zero-order valence-corrected chi connectivity index (χ0v) is 10.00. The second-order valence-electron chi connectivity index (χ2n) is 4.45. The summed E-state index contributed by atoms with van der Waals surface area (Å²) in [5.74, 6) is 0.160. The van der Waals surface area contributed by atoms with Gasteiger partial charge in [-0.25, -0.2) is 4.98 Å². The molecule has 0 saturated heterocycles. The summed E-state index contributed by atoms with van der Waals surface area (Å²) >= 11 is 0. The van der Waals surface area contributed by atoms with E-state index < -0.39 is 0 Å². The van der Waals surface area contributed by atoms with E-state index in [2.05, 4.69) is 26.6 Å². The number of carbonyl (C=O) groups excluding carboxylic acids is 1. The molecule has 6 nitrogen and oxygen atoms in total. The largest absolute Gasteiger partial charge is 0.325 e. The molecule has 0 unspecified atom stereocenters. The van der Waals surface area contributed by atoms with Crippen LogP contribution in [0.2, 0.25) is 0 Å². The van der Waals surface area contributed by atoms with Gasteiger partial charge < -0.3 is 5.32 Å². The van der Waals surface area contributed by atoms with Crippen LogP contribution in [0.1, 0.15) is 6.42 Å². The Balaban J connectivity index is 1.82. The first kappa shape index (κ1) is 11.4. The molecule has 0 spiro atoms. The number of para-hydroxylation sites is 1. The number of rotatable bonds is 3. The summed E-state index contributed by atoms with van der Waals surface area (Å²) in [6, 6.07) is 9.47. The fraction of sp³-hybridized carbons (Fsp3) is 0.231. The molecule has 1 aromatic carbocycles. The van der Waals surface area contributed by atoms with E-state index in [1.165, 1.54) is 6.33 Å². The van der Waals surface area contributed by atoms with Gasteiger partial charge in [0.15, 0.2) is 5.82 Å². The highest BCUT2D eigenvalue weighted by Gasteiger charge is 2.43. The number of hydrogen-bond donors (Lipinski definition) is 2. The third kappa shape index (κ3) is 2.18. The number of amides is 1. The van der Waals surface area contributed by atoms with E-state index in [4.69, 9.17) is 5.26 Å². The van der Waals surface area contributed by atoms with Gasteiger partial charge in [-0.05, 0) is 18.6 Å². The van der Waals surface area contributed by atoms with Crippen LogP contribution in [0.25, 0.3) is 11.4 Å². The summed E-state index contributed by atoms with van der Waals surface area (Å²) in [6.45, 7) is 0. The first-order valence-corrected chi connectivity index (χ1v) is 5.95. The number of aromatic amines is 1. The van der Waals surface area contributed by atoms with E-state index in [9.17, 15) is 4.79 Å². The van der Waals surface area contributed by atoms with E-state index in [0.29, 0.717) is 17.9 Å². The maximum Gasteiger partial charge on any atom is 0.228 e. The lowest BCUT2D eigenvalue weighted by atomic mass is 10.1. The van der Waals surface area contributed by atoms with Gasteiger partial charge in [0, 0.05) is 5.56 Å². The SMILES string of the molecule is N#C[C@H]1C[C@H]1C(=O)Nc1ccccc1-c1ncn[nH]1. The average molecular weight is 253 g/mol. The van der Waals surface area contributed by atoms with E-state index in [1.807, 2.05) is 18.2 Å². The van der Waals surface area contributed by atoms with Crippen molar-refractivity contribution in [2.75, 3.05) is 5.32 Å². The molecule has 3 rings (SSSR count). The number of nitriles is 1. The monoisotopic (exact) mass is 253 g/mol. The smallest absolute Gasteiger partial charge is 0.228 e. The second-order valence-corrected chi connectivity index (χ2v) is 4.45. The minimum Gasteiger partial charge on any atom is -0.325 e. The molecular weight excluding hydrogens is 242 g/mol. The third-order valence-corrected chi connectivity index (χ3v) is 3.15. The summed E-state index contributed by atoms with van der Waals surface area (Å²) in [5.41, 5.74) is 1.45. The number of nitrogens with zero attached hydrogens (tertiary/aromatic N) is 3. The summed E-state index contributed by atoms with van der Waals surface area (Å²) < 4.78 is 0. The molecule has 6 heteroatoms. The topological polar surface area (TPSA) is 94.5 Å². The molecule has 1 heterocycles. The number of H-pyrrole nitrogens is 1. The number of nitrogens with one attached hydrogen (secondary N) is 2. The van der Waals surface area contributed by atoms with Crippen LogP contribution in [0.15, 0.2) is 30.6 Å². The number of carbonyl (C=O) groups is 1. The van der Waals surface area contributed by atoms with Gasteiger partial charge in [-0.3, -0.25) is 9.89 Å². The number of anilines is 1. The highest BCUT2D eigenvalue weighted by molar-refractivity contribution is 5.97. The van der Waals surface area contributed by atoms with Crippen molar-refractivity contribution in [1.82, 2.24) is 15.2 Å². The molecule has 1 aliphatic carbocycles. The zero-order valence-electron chi connectivity index (χ0n) is 10.00. The van der Waals surface area contributed by atoms with E-state index in [-0.39, 0.29) is 17.7 Å². The van der Waals surface area contributed by atoms with Crippen LogP contribution < -0.4 is 5.32 Å². The van der Waals surface area contributed by atoms with Crippen molar-refractivity contribution in [2.24, 2.45) is 11.8 Å². The van der Waals surface area contributed by atoms with Crippen LogP contribution in [-0.4, -0.2) is 21.1 Å². The van der Waals surface area contributed by atoms with Crippen molar-refractivity contribution in [2.45, 2.75) is 6.42 Å². The second kappa shape index (κ2) is 4.53. The standard InChI is InChI=1S/C13H11N5O/c14-6-8-5-10(8)13(19)17-11-4-2-1-3-9(11)12-15-7-16-18-12/h1-4,7-8,10H,5H2,(H,17,19)(H,15,16,18)/t8-,10-/m1/s1. The van der Waals surface area contributed by atoms with Gasteiger partial charge in [0.25, 0.3) is 0 Å². The summed E-state index contributed by atoms with van der Waals surface area (Å²) in [5, 5.41) is 18.2. The van der Waals surface area contributed by atoms with Crippen molar-refractivity contribution in [1.29, 1.82) is 5.26 Å². The van der Waals surface area contributed by atoms with Crippen molar-refractivity contribution >= 4 is 11.6 Å². The maximum atomic E-state index is 12.0. The average Bonchev–Trinajstić information content (AvgIpc) is 3.04. The molecule has 1 aliphatic rings. The summed E-state index contributed by atoms with van der Waals surface area (Å²) in [4.78, 5) is 16.0. The quantitative estimate of drug-likeness (QED) is 0.868. The fourth-order valence-corrected chi connectivity index (χ4v) is 1.99. The number of benzene rings is 1. The Morgan fingerprint density at radius 3 is 3.00 bits per heavy atom. The van der Waals surface area contributed by atoms with E-state index in [0.717, 1.165) is 5.56 Å². The van der Waals surface area contributed by atoms with Crippen LogP contribution in [0.4, 0.5) is 5.69 Å². The van der Waals surface area contributed by atoms with Gasteiger partial charge in [0.1, 0.15) is 6.33 Å². The fourth-order valence-electron chi connectivity index (χ4n) is 1.99. The Morgan fingerprint density at radius 1 is 1.47 bits per heavy atom. The lowest BCUT2D eigenvalue weighted by Crippen LogP contribution is -2.15. The first-order chi connectivity index (χ1) is 9.29. The van der Waals surface area contributed by atoms with Crippen LogP contribution in [-0.2, 0) is 4.79 Å². The highest BCUT2D eigenvalue weighted by atomic mass is 16.2. The van der Waals surface area contributed by atoms with Crippen LogP contribution in [0, 0.1) is 23.2 Å². The Kier molecular flexibility index (Phi) is 2.72. The molecule has 0 bridgehead atoms. The van der Waals surface area contributed by atoms with Gasteiger partial charge in [0.2, 0.25) is 5.91 Å². The van der Waals surface area contributed by atoms with Crippen LogP contribution in [0.3, 0.4) is 0 Å². The van der Waals surface area contributed by atoms with Crippen LogP contribution in [0.5, 0.6) is 0 Å². The Hall–Kier alpha value is -2.68. The zero-order chi connectivity index (χ0) is 13.2. The Morgan fingerprint density at radius 2 is 2.32 bits per heavy atom. The molecule has 0 aliphatic heterocycles. The maximum absolute atomic E-state index is 12.0. The predicted octanol–water partition coefficient (Wildman–Crippen LogP) is 1.57. The molecule has 1 saturated carbocycles. The molecule has 2 aromatic rings. The van der Waals surface area contributed by atoms with Crippen molar-refractivity contribution in [3.05, 3.63) is 30.6 Å². The van der Waals surface area contributed by atoms with Crippen molar-refractivity contribution in [3.63, 3.8) is 0 Å². The summed E-state index contributed by atoms with van der Waals surface area (Å²) in [6.07, 6.45) is 2.06. The molecule has 94 valence electrons. The third-order valence-electron chi connectivity index (χ3n) is 3.15. The Bertz CT molecular complexity index is 643. The molecule has 1 aromatic heterocycles. The van der Waals surface area contributed by atoms with Gasteiger partial charge in [-0.15, -0.1) is 0 Å². The predicted molar refractivity (Wildman–Crippen MR) is 67.7 cm³/mol. The van der Waals surface area contributed by atoms with E-state index in [1.54, 1.807) is 6.07 Å². The molecule has 1 amide bonds. The highest BCUT2D eigenvalue weighted by Crippen LogP contribution is 2.39. The Labute approximate surface area is 109 Å². The molecule has 2 N–H and O–H groups in total. The number of hydrogen-bond acceptors (Lipinski definition) is 4. The molecule has 1 fully saturated rings. The first-order valence-electron chi connectivity index (χ1n) is 5.95. The lowest BCUT2D eigenvalue weighted by molar-refractivity contribution is -0.117. The normalized spacial score (nSPS) is 20.6. The molecule has 0 radical (unpaired) electrons. The van der Waals surface area contributed by atoms with Gasteiger partial charge in [-0.2, -0.15) is 10.4 Å². The van der Waals surface area contributed by atoms with Gasteiger partial charge >= 0.3 is 0 Å². The lowest BCUT2D eigenvalue weighted by Gasteiger charge is -2.08. The van der Waals surface area contributed by atoms with E-state index >= 15 is 0 Å². The molecular formula is C13H11N5O. The van der Waals surface area contributed by atoms with Crippen molar-refractivity contribution < 1.29 is 4.79 Å². The summed E-state index contributed by atoms with van der Waals surface area (Å²) in [7, 11) is 0. The van der Waals surface area contributed by atoms with Gasteiger partial charge in [-0.1, -0.05) is 12.1 Å². The van der Waals surface area contributed by atoms with Crippen LogP contribution >= 0.6 is 0 Å². The minimum atomic E-state index is -0.187.